The highest BCUT2D eigenvalue weighted by Crippen LogP contribution is 2.21. The van der Waals surface area contributed by atoms with Crippen LogP contribution in [-0.2, 0) is 6.42 Å². The Labute approximate surface area is 105 Å². The third kappa shape index (κ3) is 5.01. The maximum atomic E-state index is 5.94. The van der Waals surface area contributed by atoms with Gasteiger partial charge in [0.1, 0.15) is 0 Å². The minimum absolute atomic E-state index is 0.172. The Kier molecular flexibility index (Phi) is 4.63. The highest BCUT2D eigenvalue weighted by atomic mass is 79.9. The summed E-state index contributed by atoms with van der Waals surface area (Å²) >= 11 is 9.47. The minimum atomic E-state index is 0.172. The standard InChI is InChI=1S/C12H17BrClN/c1-12(2,3)15-7-6-9-8-10(14)4-5-11(9)13/h4-5,8,15H,6-7H2,1-3H3. The van der Waals surface area contributed by atoms with E-state index in [0.29, 0.717) is 0 Å². The molecule has 84 valence electrons. The second-order valence-corrected chi connectivity index (χ2v) is 5.95. The van der Waals surface area contributed by atoms with Gasteiger partial charge in [0.05, 0.1) is 0 Å². The number of nitrogens with one attached hydrogen (secondary N) is 1. The lowest BCUT2D eigenvalue weighted by Gasteiger charge is -2.20. The van der Waals surface area contributed by atoms with Gasteiger partial charge in [0, 0.05) is 15.0 Å². The van der Waals surface area contributed by atoms with Crippen LogP contribution in [0.1, 0.15) is 26.3 Å². The Balaban J connectivity index is 2.54. The summed E-state index contributed by atoms with van der Waals surface area (Å²) in [6, 6.07) is 5.90. The summed E-state index contributed by atoms with van der Waals surface area (Å²) in [7, 11) is 0. The van der Waals surface area contributed by atoms with E-state index in [9.17, 15) is 0 Å². The first-order valence-corrected chi connectivity index (χ1v) is 6.24. The van der Waals surface area contributed by atoms with Crippen molar-refractivity contribution in [2.45, 2.75) is 32.7 Å². The molecule has 0 heterocycles. The second kappa shape index (κ2) is 5.33. The van der Waals surface area contributed by atoms with Crippen molar-refractivity contribution in [3.05, 3.63) is 33.3 Å². The van der Waals surface area contributed by atoms with Gasteiger partial charge in [0.15, 0.2) is 0 Å². The van der Waals surface area contributed by atoms with Crippen LogP contribution >= 0.6 is 27.5 Å². The van der Waals surface area contributed by atoms with Crippen LogP contribution in [0, 0.1) is 0 Å². The molecule has 0 aliphatic heterocycles. The summed E-state index contributed by atoms with van der Waals surface area (Å²) in [4.78, 5) is 0. The van der Waals surface area contributed by atoms with Crippen LogP contribution in [0.2, 0.25) is 5.02 Å². The zero-order chi connectivity index (χ0) is 11.5. The molecule has 3 heteroatoms. The van der Waals surface area contributed by atoms with Crippen molar-refractivity contribution in [2.24, 2.45) is 0 Å². The van der Waals surface area contributed by atoms with Crippen molar-refractivity contribution in [3.8, 4) is 0 Å². The SMILES string of the molecule is CC(C)(C)NCCc1cc(Cl)ccc1Br. The lowest BCUT2D eigenvalue weighted by atomic mass is 10.1. The van der Waals surface area contributed by atoms with Gasteiger partial charge in [-0.25, -0.2) is 0 Å². The first-order chi connectivity index (χ1) is 6.88. The quantitative estimate of drug-likeness (QED) is 0.886. The Morgan fingerprint density at radius 2 is 2.00 bits per heavy atom. The first-order valence-electron chi connectivity index (χ1n) is 5.07. The fraction of sp³-hybridized carbons (Fsp3) is 0.500. The van der Waals surface area contributed by atoms with Crippen molar-refractivity contribution < 1.29 is 0 Å². The maximum Gasteiger partial charge on any atom is 0.0409 e. The molecule has 15 heavy (non-hydrogen) atoms. The fourth-order valence-corrected chi connectivity index (χ4v) is 1.95. The Bertz CT molecular complexity index is 331. The molecule has 0 spiro atoms. The van der Waals surface area contributed by atoms with E-state index in [2.05, 4.69) is 42.0 Å². The van der Waals surface area contributed by atoms with Gasteiger partial charge in [-0.15, -0.1) is 0 Å². The molecule has 0 fully saturated rings. The molecule has 0 aliphatic carbocycles. The Morgan fingerprint density at radius 3 is 2.60 bits per heavy atom. The van der Waals surface area contributed by atoms with E-state index in [1.165, 1.54) is 5.56 Å². The van der Waals surface area contributed by atoms with Crippen LogP contribution in [0.15, 0.2) is 22.7 Å². The highest BCUT2D eigenvalue weighted by Gasteiger charge is 2.08. The lowest BCUT2D eigenvalue weighted by Crippen LogP contribution is -2.37. The molecule has 1 rings (SSSR count). The first kappa shape index (κ1) is 13.0. The number of rotatable bonds is 3. The third-order valence-corrected chi connectivity index (χ3v) is 3.07. The van der Waals surface area contributed by atoms with E-state index in [1.807, 2.05) is 18.2 Å². The van der Waals surface area contributed by atoms with Crippen LogP contribution in [0.3, 0.4) is 0 Å². The van der Waals surface area contributed by atoms with E-state index in [4.69, 9.17) is 11.6 Å². The minimum Gasteiger partial charge on any atom is -0.312 e. The molecule has 1 N–H and O–H groups in total. The molecule has 0 unspecified atom stereocenters. The Morgan fingerprint density at radius 1 is 1.33 bits per heavy atom. The monoisotopic (exact) mass is 289 g/mol. The molecule has 1 nitrogen and oxygen atoms in total. The van der Waals surface area contributed by atoms with E-state index in [1.54, 1.807) is 0 Å². The predicted molar refractivity (Wildman–Crippen MR) is 70.6 cm³/mol. The molecular formula is C12H17BrClN. The van der Waals surface area contributed by atoms with Gasteiger partial charge < -0.3 is 5.32 Å². The van der Waals surface area contributed by atoms with E-state index >= 15 is 0 Å². The number of hydrogen-bond donors (Lipinski definition) is 1. The lowest BCUT2D eigenvalue weighted by molar-refractivity contribution is 0.429. The zero-order valence-electron chi connectivity index (χ0n) is 9.40. The van der Waals surface area contributed by atoms with Crippen molar-refractivity contribution >= 4 is 27.5 Å². The average Bonchev–Trinajstić information content (AvgIpc) is 2.09. The molecule has 0 radical (unpaired) electrons. The number of hydrogen-bond acceptors (Lipinski definition) is 1. The zero-order valence-corrected chi connectivity index (χ0v) is 11.7. The summed E-state index contributed by atoms with van der Waals surface area (Å²) in [6.45, 7) is 7.46. The van der Waals surface area contributed by atoms with E-state index in [-0.39, 0.29) is 5.54 Å². The maximum absolute atomic E-state index is 5.94. The molecule has 0 aromatic heterocycles. The molecule has 1 aromatic rings. The normalized spacial score (nSPS) is 11.8. The average molecular weight is 291 g/mol. The number of halogens is 2. The molecule has 1 aromatic carbocycles. The van der Waals surface area contributed by atoms with Gasteiger partial charge in [0.25, 0.3) is 0 Å². The van der Waals surface area contributed by atoms with E-state index < -0.39 is 0 Å². The van der Waals surface area contributed by atoms with E-state index in [0.717, 1.165) is 22.5 Å². The highest BCUT2D eigenvalue weighted by molar-refractivity contribution is 9.10. The van der Waals surface area contributed by atoms with Crippen LogP contribution in [0.25, 0.3) is 0 Å². The van der Waals surface area contributed by atoms with Crippen LogP contribution in [0.5, 0.6) is 0 Å². The molecule has 0 saturated carbocycles. The van der Waals surface area contributed by atoms with Crippen molar-refractivity contribution in [2.75, 3.05) is 6.54 Å². The van der Waals surface area contributed by atoms with Crippen LogP contribution < -0.4 is 5.32 Å². The predicted octanol–water partition coefficient (Wildman–Crippen LogP) is 4.03. The van der Waals surface area contributed by atoms with Crippen molar-refractivity contribution in [3.63, 3.8) is 0 Å². The third-order valence-electron chi connectivity index (χ3n) is 2.06. The van der Waals surface area contributed by atoms with Crippen LogP contribution in [-0.4, -0.2) is 12.1 Å². The van der Waals surface area contributed by atoms with Gasteiger partial charge in [0.2, 0.25) is 0 Å². The molecule has 0 amide bonds. The summed E-state index contributed by atoms with van der Waals surface area (Å²) < 4.78 is 1.13. The topological polar surface area (TPSA) is 12.0 Å². The van der Waals surface area contributed by atoms with Gasteiger partial charge in [-0.1, -0.05) is 27.5 Å². The molecule has 0 atom stereocenters. The van der Waals surface area contributed by atoms with Gasteiger partial charge >= 0.3 is 0 Å². The summed E-state index contributed by atoms with van der Waals surface area (Å²) in [6.07, 6.45) is 0.985. The second-order valence-electron chi connectivity index (χ2n) is 4.66. The fourth-order valence-electron chi connectivity index (χ4n) is 1.31. The summed E-state index contributed by atoms with van der Waals surface area (Å²) in [5, 5.41) is 4.25. The van der Waals surface area contributed by atoms with Crippen LogP contribution in [0.4, 0.5) is 0 Å². The van der Waals surface area contributed by atoms with Gasteiger partial charge in [-0.05, 0) is 57.5 Å². The van der Waals surface area contributed by atoms with Gasteiger partial charge in [-0.3, -0.25) is 0 Å². The molecule has 0 saturated heterocycles. The molecule has 0 bridgehead atoms. The smallest absolute Gasteiger partial charge is 0.0409 e. The van der Waals surface area contributed by atoms with Crippen molar-refractivity contribution in [1.82, 2.24) is 5.32 Å². The van der Waals surface area contributed by atoms with Gasteiger partial charge in [-0.2, -0.15) is 0 Å². The van der Waals surface area contributed by atoms with Crippen molar-refractivity contribution in [1.29, 1.82) is 0 Å². The summed E-state index contributed by atoms with van der Waals surface area (Å²) in [5.74, 6) is 0. The molecular weight excluding hydrogens is 273 g/mol. The summed E-state index contributed by atoms with van der Waals surface area (Å²) in [5.41, 5.74) is 1.42. The Hall–Kier alpha value is -0.0500. The largest absolute Gasteiger partial charge is 0.312 e. The number of benzene rings is 1. The molecule has 0 aliphatic rings.